The third-order valence-electron chi connectivity index (χ3n) is 1.23. The zero-order valence-electron chi connectivity index (χ0n) is 5.84. The van der Waals surface area contributed by atoms with E-state index in [9.17, 15) is 13.6 Å². The van der Waals surface area contributed by atoms with Crippen LogP contribution in [-0.4, -0.2) is 11.5 Å². The molecule has 5 heteroatoms. The van der Waals surface area contributed by atoms with E-state index in [0.29, 0.717) is 12.1 Å². The fourth-order valence-electron chi connectivity index (χ4n) is 0.757. The fourth-order valence-corrected chi connectivity index (χ4v) is 0.757. The molecule has 1 amide bonds. The topological polar surface area (TPSA) is 49.3 Å². The zero-order chi connectivity index (χ0) is 9.14. The van der Waals surface area contributed by atoms with Crippen molar-refractivity contribution in [3.63, 3.8) is 0 Å². The summed E-state index contributed by atoms with van der Waals surface area (Å²) >= 11 is 0. The predicted molar refractivity (Wildman–Crippen MR) is 37.7 cm³/mol. The molecule has 0 heterocycles. The summed E-state index contributed by atoms with van der Waals surface area (Å²) in [5, 5.41) is 10.5. The predicted octanol–water partition coefficient (Wildman–Crippen LogP) is 1.24. The van der Waals surface area contributed by atoms with Crippen molar-refractivity contribution in [3.8, 4) is 5.75 Å². The van der Waals surface area contributed by atoms with Crippen molar-refractivity contribution in [2.45, 2.75) is 0 Å². The van der Waals surface area contributed by atoms with E-state index < -0.39 is 23.1 Å². The lowest BCUT2D eigenvalue weighted by Crippen LogP contribution is -1.99. The third kappa shape index (κ3) is 1.50. The van der Waals surface area contributed by atoms with Gasteiger partial charge >= 0.3 is 0 Å². The Bertz CT molecular complexity index is 291. The highest BCUT2D eigenvalue weighted by atomic mass is 19.1. The molecule has 1 aromatic rings. The molecule has 1 rings (SSSR count). The Morgan fingerprint density at radius 2 is 1.83 bits per heavy atom. The first kappa shape index (κ1) is 8.45. The van der Waals surface area contributed by atoms with Crippen molar-refractivity contribution in [1.82, 2.24) is 0 Å². The monoisotopic (exact) mass is 173 g/mol. The van der Waals surface area contributed by atoms with Gasteiger partial charge < -0.3 is 10.4 Å². The second-order valence-electron chi connectivity index (χ2n) is 2.05. The summed E-state index contributed by atoms with van der Waals surface area (Å²) in [7, 11) is 0. The average molecular weight is 173 g/mol. The first-order valence-electron chi connectivity index (χ1n) is 3.03. The molecular weight excluding hydrogens is 168 g/mol. The van der Waals surface area contributed by atoms with E-state index in [0.717, 1.165) is 0 Å². The van der Waals surface area contributed by atoms with Crippen molar-refractivity contribution in [3.05, 3.63) is 23.8 Å². The van der Waals surface area contributed by atoms with Crippen LogP contribution in [0.3, 0.4) is 0 Å². The molecule has 0 aliphatic rings. The molecule has 0 aliphatic carbocycles. The number of nitrogens with one attached hydrogen (secondary N) is 1. The molecule has 0 aliphatic heterocycles. The van der Waals surface area contributed by atoms with Crippen LogP contribution >= 0.6 is 0 Å². The van der Waals surface area contributed by atoms with Gasteiger partial charge in [0.05, 0.1) is 0 Å². The second-order valence-corrected chi connectivity index (χ2v) is 2.05. The summed E-state index contributed by atoms with van der Waals surface area (Å²) in [6.45, 7) is 0. The van der Waals surface area contributed by atoms with Crippen LogP contribution in [0.4, 0.5) is 14.5 Å². The number of anilines is 1. The quantitative estimate of drug-likeness (QED) is 0.522. The minimum atomic E-state index is -1.01. The number of hydrogen-bond acceptors (Lipinski definition) is 2. The maximum Gasteiger partial charge on any atom is 0.211 e. The minimum Gasteiger partial charge on any atom is -0.508 e. The Morgan fingerprint density at radius 1 is 1.33 bits per heavy atom. The third-order valence-corrected chi connectivity index (χ3v) is 1.23. The van der Waals surface area contributed by atoms with E-state index in [1.165, 1.54) is 0 Å². The number of hydrogen-bond donors (Lipinski definition) is 2. The summed E-state index contributed by atoms with van der Waals surface area (Å²) < 4.78 is 25.4. The first-order valence-corrected chi connectivity index (χ1v) is 3.03. The molecule has 0 bridgehead atoms. The molecule has 0 saturated heterocycles. The van der Waals surface area contributed by atoms with Gasteiger partial charge in [0.15, 0.2) is 11.6 Å². The van der Waals surface area contributed by atoms with Crippen LogP contribution in [0.1, 0.15) is 0 Å². The molecule has 0 aromatic heterocycles. The SMILES string of the molecule is O=CNc1c(F)cc(O)cc1F. The van der Waals surface area contributed by atoms with Crippen molar-refractivity contribution in [2.75, 3.05) is 5.32 Å². The number of carbonyl (C=O) groups is 1. The van der Waals surface area contributed by atoms with E-state index >= 15 is 0 Å². The van der Waals surface area contributed by atoms with Crippen molar-refractivity contribution >= 4 is 12.1 Å². The lowest BCUT2D eigenvalue weighted by Gasteiger charge is -2.02. The maximum atomic E-state index is 12.7. The number of carbonyl (C=O) groups excluding carboxylic acids is 1. The number of aromatic hydroxyl groups is 1. The lowest BCUT2D eigenvalue weighted by molar-refractivity contribution is -0.105. The first-order chi connectivity index (χ1) is 5.65. The van der Waals surface area contributed by atoms with Crippen molar-refractivity contribution < 1.29 is 18.7 Å². The van der Waals surface area contributed by atoms with Crippen LogP contribution in [0.5, 0.6) is 5.75 Å². The van der Waals surface area contributed by atoms with Crippen LogP contribution in [0.15, 0.2) is 12.1 Å². The van der Waals surface area contributed by atoms with Crippen LogP contribution in [0, 0.1) is 11.6 Å². The van der Waals surface area contributed by atoms with Gasteiger partial charge in [-0.15, -0.1) is 0 Å². The number of amides is 1. The number of halogens is 2. The number of phenols is 1. The summed E-state index contributed by atoms with van der Waals surface area (Å²) in [5.74, 6) is -2.55. The molecule has 64 valence electrons. The largest absolute Gasteiger partial charge is 0.508 e. The molecule has 12 heavy (non-hydrogen) atoms. The molecular formula is C7H5F2NO2. The molecule has 0 fully saturated rings. The van der Waals surface area contributed by atoms with Gasteiger partial charge in [-0.25, -0.2) is 8.78 Å². The van der Waals surface area contributed by atoms with Gasteiger partial charge in [-0.05, 0) is 0 Å². The highest BCUT2D eigenvalue weighted by Gasteiger charge is 2.09. The van der Waals surface area contributed by atoms with Crippen LogP contribution in [-0.2, 0) is 4.79 Å². The molecule has 0 radical (unpaired) electrons. The van der Waals surface area contributed by atoms with Crippen LogP contribution in [0.2, 0.25) is 0 Å². The molecule has 3 nitrogen and oxygen atoms in total. The normalized spacial score (nSPS) is 9.50. The Balaban J connectivity index is 3.18. The molecule has 0 atom stereocenters. The Kier molecular flexibility index (Phi) is 2.23. The second kappa shape index (κ2) is 3.17. The van der Waals surface area contributed by atoms with Crippen LogP contribution < -0.4 is 5.32 Å². The van der Waals surface area contributed by atoms with Crippen molar-refractivity contribution in [1.29, 1.82) is 0 Å². The summed E-state index contributed by atoms with van der Waals surface area (Å²) in [6.07, 6.45) is 0.151. The highest BCUT2D eigenvalue weighted by Crippen LogP contribution is 2.23. The lowest BCUT2D eigenvalue weighted by atomic mass is 10.3. The van der Waals surface area contributed by atoms with Gasteiger partial charge in [0.1, 0.15) is 11.4 Å². The molecule has 0 spiro atoms. The Labute approximate surface area is 66.6 Å². The van der Waals surface area contributed by atoms with E-state index in [4.69, 9.17) is 5.11 Å². The van der Waals surface area contributed by atoms with E-state index in [-0.39, 0.29) is 6.41 Å². The van der Waals surface area contributed by atoms with E-state index in [1.807, 2.05) is 5.32 Å². The summed E-state index contributed by atoms with van der Waals surface area (Å²) in [5.41, 5.74) is -0.567. The maximum absolute atomic E-state index is 12.7. The fraction of sp³-hybridized carbons (Fsp3) is 0. The minimum absolute atomic E-state index is 0.151. The van der Waals surface area contributed by atoms with E-state index in [2.05, 4.69) is 0 Å². The molecule has 2 N–H and O–H groups in total. The van der Waals surface area contributed by atoms with Gasteiger partial charge in [-0.2, -0.15) is 0 Å². The number of phenolic OH excluding ortho intramolecular Hbond substituents is 1. The van der Waals surface area contributed by atoms with Gasteiger partial charge in [0.2, 0.25) is 6.41 Å². The van der Waals surface area contributed by atoms with E-state index in [1.54, 1.807) is 0 Å². The molecule has 1 aromatic carbocycles. The molecule has 0 unspecified atom stereocenters. The highest BCUT2D eigenvalue weighted by molar-refractivity contribution is 5.72. The molecule has 0 saturated carbocycles. The Morgan fingerprint density at radius 3 is 2.25 bits per heavy atom. The summed E-state index contributed by atoms with van der Waals surface area (Å²) in [6, 6.07) is 1.41. The van der Waals surface area contributed by atoms with Gasteiger partial charge in [-0.1, -0.05) is 0 Å². The van der Waals surface area contributed by atoms with Crippen LogP contribution in [0.25, 0.3) is 0 Å². The van der Waals surface area contributed by atoms with Gasteiger partial charge in [0.25, 0.3) is 0 Å². The smallest absolute Gasteiger partial charge is 0.211 e. The number of benzene rings is 1. The number of rotatable bonds is 2. The zero-order valence-corrected chi connectivity index (χ0v) is 5.84. The average Bonchev–Trinajstić information content (AvgIpc) is 1.96. The van der Waals surface area contributed by atoms with Gasteiger partial charge in [-0.3, -0.25) is 4.79 Å². The standard InChI is InChI=1S/C7H5F2NO2/c8-5-1-4(12)2-6(9)7(5)10-3-11/h1-3,12H,(H,10,11). The van der Waals surface area contributed by atoms with Crippen molar-refractivity contribution in [2.24, 2.45) is 0 Å². The Hall–Kier alpha value is -1.65. The van der Waals surface area contributed by atoms with Gasteiger partial charge in [0, 0.05) is 12.1 Å². The summed E-state index contributed by atoms with van der Waals surface area (Å²) in [4.78, 5) is 9.86.